The summed E-state index contributed by atoms with van der Waals surface area (Å²) >= 11 is 0. The van der Waals surface area contributed by atoms with Crippen LogP contribution < -0.4 is 10.0 Å². The van der Waals surface area contributed by atoms with Crippen molar-refractivity contribution >= 4 is 16.0 Å². The Bertz CT molecular complexity index is 685. The molecule has 1 saturated heterocycles. The smallest absolute Gasteiger partial charge is 0.342 e. The van der Waals surface area contributed by atoms with Crippen molar-refractivity contribution in [3.05, 3.63) is 29.6 Å². The molecule has 1 aliphatic heterocycles. The molecule has 23 heavy (non-hydrogen) atoms. The molecule has 8 heteroatoms. The van der Waals surface area contributed by atoms with E-state index in [0.29, 0.717) is 0 Å². The van der Waals surface area contributed by atoms with Gasteiger partial charge in [0.1, 0.15) is 11.4 Å². The van der Waals surface area contributed by atoms with E-state index in [9.17, 15) is 17.6 Å². The number of halogens is 1. The first-order valence-electron chi connectivity index (χ1n) is 7.36. The summed E-state index contributed by atoms with van der Waals surface area (Å²) in [7, 11) is -2.94. The zero-order valence-corrected chi connectivity index (χ0v) is 14.0. The van der Waals surface area contributed by atoms with Crippen LogP contribution in [-0.2, 0) is 14.8 Å². The molecule has 0 aliphatic carbocycles. The van der Waals surface area contributed by atoms with E-state index in [1.165, 1.54) is 12.1 Å². The summed E-state index contributed by atoms with van der Waals surface area (Å²) in [6.07, 6.45) is 1.67. The van der Waals surface area contributed by atoms with E-state index in [1.807, 2.05) is 6.92 Å². The number of piperidine rings is 1. The van der Waals surface area contributed by atoms with Crippen molar-refractivity contribution in [1.82, 2.24) is 10.0 Å². The van der Waals surface area contributed by atoms with E-state index in [2.05, 4.69) is 14.8 Å². The van der Waals surface area contributed by atoms with Crippen LogP contribution in [0.2, 0.25) is 0 Å². The second kappa shape index (κ2) is 6.94. The van der Waals surface area contributed by atoms with E-state index >= 15 is 0 Å². The number of carbonyl (C=O) groups is 1. The number of carbonyl (C=O) groups excluding carboxylic acids is 1. The zero-order valence-electron chi connectivity index (χ0n) is 13.2. The van der Waals surface area contributed by atoms with E-state index in [0.717, 1.165) is 39.1 Å². The Kier molecular flexibility index (Phi) is 5.38. The van der Waals surface area contributed by atoms with Gasteiger partial charge in [-0.05, 0) is 43.5 Å². The molecular formula is C15H21FN2O4S. The van der Waals surface area contributed by atoms with Crippen LogP contribution in [0.3, 0.4) is 0 Å². The fourth-order valence-corrected chi connectivity index (χ4v) is 3.98. The van der Waals surface area contributed by atoms with Crippen LogP contribution in [-0.4, -0.2) is 41.1 Å². The quantitative estimate of drug-likeness (QED) is 0.786. The number of ether oxygens (including phenoxy) is 1. The van der Waals surface area contributed by atoms with Crippen molar-refractivity contribution in [2.75, 3.05) is 26.7 Å². The number of hydrogen-bond donors (Lipinski definition) is 2. The van der Waals surface area contributed by atoms with E-state index in [1.54, 1.807) is 0 Å². The lowest BCUT2D eigenvalue weighted by Crippen LogP contribution is -2.43. The first kappa shape index (κ1) is 17.8. The first-order chi connectivity index (χ1) is 10.8. The number of methoxy groups -OCH3 is 1. The molecular weight excluding hydrogens is 323 g/mol. The Morgan fingerprint density at radius 1 is 1.39 bits per heavy atom. The Hall–Kier alpha value is -1.51. The minimum absolute atomic E-state index is 0.170. The van der Waals surface area contributed by atoms with Crippen LogP contribution in [0.1, 0.15) is 30.1 Å². The molecule has 0 bridgehead atoms. The number of esters is 1. The summed E-state index contributed by atoms with van der Waals surface area (Å²) in [5.74, 6) is -1.94. The molecule has 1 aromatic rings. The molecule has 0 radical (unpaired) electrons. The number of nitrogens with one attached hydrogen (secondary N) is 2. The van der Waals surface area contributed by atoms with E-state index in [4.69, 9.17) is 0 Å². The maximum Gasteiger partial charge on any atom is 0.342 e. The van der Waals surface area contributed by atoms with Gasteiger partial charge in [0.25, 0.3) is 0 Å². The van der Waals surface area contributed by atoms with Gasteiger partial charge in [0, 0.05) is 6.54 Å². The number of hydrogen-bond acceptors (Lipinski definition) is 5. The third-order valence-corrected chi connectivity index (χ3v) is 5.60. The van der Waals surface area contributed by atoms with Crippen LogP contribution in [0, 0.1) is 11.2 Å². The normalized spacial score (nSPS) is 17.7. The van der Waals surface area contributed by atoms with Gasteiger partial charge in [-0.1, -0.05) is 13.0 Å². The minimum atomic E-state index is -4.02. The molecule has 0 amide bonds. The molecule has 0 saturated carbocycles. The third-order valence-electron chi connectivity index (χ3n) is 4.15. The summed E-state index contributed by atoms with van der Waals surface area (Å²) in [5, 5.41) is 3.22. The molecule has 128 valence electrons. The summed E-state index contributed by atoms with van der Waals surface area (Å²) in [6.45, 7) is 3.88. The van der Waals surface area contributed by atoms with Crippen LogP contribution >= 0.6 is 0 Å². The van der Waals surface area contributed by atoms with Gasteiger partial charge < -0.3 is 10.1 Å². The third kappa shape index (κ3) is 4.07. The van der Waals surface area contributed by atoms with Gasteiger partial charge in [0.2, 0.25) is 10.0 Å². The fraction of sp³-hybridized carbons (Fsp3) is 0.533. The fourth-order valence-electron chi connectivity index (χ4n) is 2.58. The van der Waals surface area contributed by atoms with Crippen LogP contribution in [0.5, 0.6) is 0 Å². The lowest BCUT2D eigenvalue weighted by molar-refractivity contribution is 0.0590. The van der Waals surface area contributed by atoms with Crippen molar-refractivity contribution in [1.29, 1.82) is 0 Å². The highest BCUT2D eigenvalue weighted by molar-refractivity contribution is 7.89. The summed E-state index contributed by atoms with van der Waals surface area (Å²) < 4.78 is 45.9. The number of sulfonamides is 1. The van der Waals surface area contributed by atoms with Gasteiger partial charge in [0.05, 0.1) is 12.0 Å². The van der Waals surface area contributed by atoms with Gasteiger partial charge in [-0.15, -0.1) is 0 Å². The lowest BCUT2D eigenvalue weighted by Gasteiger charge is -2.34. The number of benzene rings is 1. The molecule has 6 nitrogen and oxygen atoms in total. The van der Waals surface area contributed by atoms with Crippen molar-refractivity contribution in [2.45, 2.75) is 24.7 Å². The average molecular weight is 344 g/mol. The summed E-state index contributed by atoms with van der Waals surface area (Å²) in [5.41, 5.74) is -0.741. The van der Waals surface area contributed by atoms with Gasteiger partial charge >= 0.3 is 5.97 Å². The van der Waals surface area contributed by atoms with Gasteiger partial charge in [-0.25, -0.2) is 22.3 Å². The molecule has 2 rings (SSSR count). The first-order valence-corrected chi connectivity index (χ1v) is 8.85. The van der Waals surface area contributed by atoms with Crippen molar-refractivity contribution < 1.29 is 22.3 Å². The largest absolute Gasteiger partial charge is 0.465 e. The Morgan fingerprint density at radius 3 is 2.65 bits per heavy atom. The predicted octanol–water partition coefficient (Wildman–Crippen LogP) is 1.28. The monoisotopic (exact) mass is 344 g/mol. The van der Waals surface area contributed by atoms with Crippen LogP contribution in [0.15, 0.2) is 23.1 Å². The highest BCUT2D eigenvalue weighted by Crippen LogP contribution is 2.28. The maximum atomic E-state index is 13.9. The van der Waals surface area contributed by atoms with Crippen LogP contribution in [0.25, 0.3) is 0 Å². The molecule has 1 heterocycles. The summed E-state index contributed by atoms with van der Waals surface area (Å²) in [4.78, 5) is 11.3. The van der Waals surface area contributed by atoms with Gasteiger partial charge in [0.15, 0.2) is 0 Å². The number of rotatable bonds is 5. The Labute approximate surface area is 135 Å². The SMILES string of the molecule is COC(=O)c1c(F)cccc1S(=O)(=O)NCC1(C)CCNCC1. The predicted molar refractivity (Wildman–Crippen MR) is 83.1 cm³/mol. The Balaban J connectivity index is 2.26. The highest BCUT2D eigenvalue weighted by Gasteiger charge is 2.31. The average Bonchev–Trinajstić information content (AvgIpc) is 2.53. The lowest BCUT2D eigenvalue weighted by atomic mass is 9.81. The van der Waals surface area contributed by atoms with E-state index in [-0.39, 0.29) is 12.0 Å². The minimum Gasteiger partial charge on any atom is -0.465 e. The summed E-state index contributed by atoms with van der Waals surface area (Å²) in [6, 6.07) is 3.48. The van der Waals surface area contributed by atoms with Crippen LogP contribution in [0.4, 0.5) is 4.39 Å². The topological polar surface area (TPSA) is 84.5 Å². The molecule has 1 fully saturated rings. The van der Waals surface area contributed by atoms with Gasteiger partial charge in [-0.2, -0.15) is 0 Å². The van der Waals surface area contributed by atoms with Crippen molar-refractivity contribution in [2.24, 2.45) is 5.41 Å². The van der Waals surface area contributed by atoms with Gasteiger partial charge in [-0.3, -0.25) is 0 Å². The zero-order chi connectivity index (χ0) is 17.1. The maximum absolute atomic E-state index is 13.9. The molecule has 0 spiro atoms. The van der Waals surface area contributed by atoms with E-state index < -0.39 is 32.3 Å². The van der Waals surface area contributed by atoms with Crippen molar-refractivity contribution in [3.8, 4) is 0 Å². The highest BCUT2D eigenvalue weighted by atomic mass is 32.2. The molecule has 1 aromatic carbocycles. The molecule has 2 N–H and O–H groups in total. The Morgan fingerprint density at radius 2 is 2.04 bits per heavy atom. The van der Waals surface area contributed by atoms with Crippen molar-refractivity contribution in [3.63, 3.8) is 0 Å². The second-order valence-electron chi connectivity index (χ2n) is 5.99. The molecule has 0 aromatic heterocycles. The molecule has 1 aliphatic rings. The molecule has 0 atom stereocenters. The second-order valence-corrected chi connectivity index (χ2v) is 7.73. The standard InChI is InChI=1S/C15H21FN2O4S/c1-15(6-8-17-9-7-15)10-18-23(20,21)12-5-3-4-11(16)13(12)14(19)22-2/h3-5,17-18H,6-10H2,1-2H3. The molecule has 0 unspecified atom stereocenters.